The highest BCUT2D eigenvalue weighted by Crippen LogP contribution is 2.33. The zero-order chi connectivity index (χ0) is 16.0. The maximum absolute atomic E-state index is 11.7. The van der Waals surface area contributed by atoms with Gasteiger partial charge in [0.2, 0.25) is 5.89 Å². The standard InChI is InChI=1S/C17H11NO4S/c19-23(20,21)15-10-14-16(13-9-5-4-8-12(13)15)18-17(22-14)11-6-2-1-3-7-11/h1-10H,(H,19,20,21). The van der Waals surface area contributed by atoms with Crippen molar-refractivity contribution in [3.05, 3.63) is 60.7 Å². The summed E-state index contributed by atoms with van der Waals surface area (Å²) in [5, 5.41) is 1.03. The number of hydrogen-bond donors (Lipinski definition) is 1. The second-order valence-electron chi connectivity index (χ2n) is 5.13. The van der Waals surface area contributed by atoms with E-state index in [9.17, 15) is 13.0 Å². The molecule has 3 aromatic carbocycles. The molecule has 0 saturated heterocycles. The molecule has 0 aliphatic rings. The van der Waals surface area contributed by atoms with Crippen molar-refractivity contribution in [3.8, 4) is 11.5 Å². The van der Waals surface area contributed by atoms with Crippen LogP contribution >= 0.6 is 0 Å². The lowest BCUT2D eigenvalue weighted by molar-refractivity contribution is 0.484. The molecule has 0 bridgehead atoms. The van der Waals surface area contributed by atoms with Gasteiger partial charge in [-0.3, -0.25) is 4.55 Å². The number of fused-ring (bicyclic) bond motifs is 3. The third kappa shape index (κ3) is 2.28. The van der Waals surface area contributed by atoms with E-state index in [1.165, 1.54) is 6.07 Å². The van der Waals surface area contributed by atoms with Crippen LogP contribution in [-0.4, -0.2) is 18.0 Å². The first-order chi connectivity index (χ1) is 11.0. The molecule has 0 aliphatic carbocycles. The molecule has 1 N–H and O–H groups in total. The Morgan fingerprint density at radius 2 is 1.57 bits per heavy atom. The minimum atomic E-state index is -4.36. The molecular formula is C17H11NO4S. The number of nitrogens with zero attached hydrogens (tertiary/aromatic N) is 1. The Hall–Kier alpha value is -2.70. The van der Waals surface area contributed by atoms with Crippen molar-refractivity contribution in [3.63, 3.8) is 0 Å². The number of aromatic nitrogens is 1. The highest BCUT2D eigenvalue weighted by molar-refractivity contribution is 7.86. The highest BCUT2D eigenvalue weighted by atomic mass is 32.2. The van der Waals surface area contributed by atoms with E-state index in [4.69, 9.17) is 4.42 Å². The fraction of sp³-hybridized carbons (Fsp3) is 0. The van der Waals surface area contributed by atoms with Crippen molar-refractivity contribution >= 4 is 32.0 Å². The second kappa shape index (κ2) is 4.91. The topological polar surface area (TPSA) is 80.4 Å². The SMILES string of the molecule is O=S(=O)(O)c1cc2oc(-c3ccccc3)nc2c2ccccc12. The smallest absolute Gasteiger partial charge is 0.295 e. The predicted octanol–water partition coefficient (Wildman–Crippen LogP) is 3.89. The fourth-order valence-corrected chi connectivity index (χ4v) is 3.35. The summed E-state index contributed by atoms with van der Waals surface area (Å²) >= 11 is 0. The van der Waals surface area contributed by atoms with Crippen LogP contribution in [0.1, 0.15) is 0 Å². The molecule has 1 aromatic heterocycles. The van der Waals surface area contributed by atoms with E-state index >= 15 is 0 Å². The summed E-state index contributed by atoms with van der Waals surface area (Å²) in [7, 11) is -4.36. The van der Waals surface area contributed by atoms with Crippen molar-refractivity contribution in [2.75, 3.05) is 0 Å². The molecule has 4 rings (SSSR count). The lowest BCUT2D eigenvalue weighted by atomic mass is 10.1. The van der Waals surface area contributed by atoms with Crippen LogP contribution < -0.4 is 0 Å². The Kier molecular flexibility index (Phi) is 2.97. The van der Waals surface area contributed by atoms with Gasteiger partial charge in [-0.1, -0.05) is 42.5 Å². The maximum atomic E-state index is 11.7. The third-order valence-electron chi connectivity index (χ3n) is 3.66. The summed E-state index contributed by atoms with van der Waals surface area (Å²) in [4.78, 5) is 4.31. The van der Waals surface area contributed by atoms with Gasteiger partial charge < -0.3 is 4.42 Å². The van der Waals surface area contributed by atoms with Gasteiger partial charge >= 0.3 is 0 Å². The van der Waals surface area contributed by atoms with Gasteiger partial charge in [0.1, 0.15) is 10.4 Å². The summed E-state index contributed by atoms with van der Waals surface area (Å²) in [6.45, 7) is 0. The van der Waals surface area contributed by atoms with Crippen molar-refractivity contribution in [2.24, 2.45) is 0 Å². The molecule has 0 fully saturated rings. The van der Waals surface area contributed by atoms with E-state index in [0.717, 1.165) is 5.56 Å². The molecule has 0 spiro atoms. The minimum Gasteiger partial charge on any atom is -0.436 e. The Labute approximate surface area is 131 Å². The molecule has 114 valence electrons. The van der Waals surface area contributed by atoms with Crippen LogP contribution in [0.15, 0.2) is 70.0 Å². The summed E-state index contributed by atoms with van der Waals surface area (Å²) in [5.74, 6) is 0.401. The minimum absolute atomic E-state index is 0.184. The van der Waals surface area contributed by atoms with Crippen molar-refractivity contribution in [1.82, 2.24) is 4.98 Å². The molecule has 1 heterocycles. The van der Waals surface area contributed by atoms with Gasteiger partial charge in [-0.2, -0.15) is 8.42 Å². The molecule has 5 nitrogen and oxygen atoms in total. The van der Waals surface area contributed by atoms with Gasteiger partial charge in [0, 0.05) is 22.4 Å². The number of oxazole rings is 1. The molecule has 0 saturated carbocycles. The van der Waals surface area contributed by atoms with E-state index in [2.05, 4.69) is 4.98 Å². The molecule has 6 heteroatoms. The van der Waals surface area contributed by atoms with Crippen LogP contribution in [0.2, 0.25) is 0 Å². The van der Waals surface area contributed by atoms with E-state index in [0.29, 0.717) is 27.8 Å². The molecule has 0 atom stereocenters. The fourth-order valence-electron chi connectivity index (χ4n) is 2.64. The van der Waals surface area contributed by atoms with Gasteiger partial charge in [-0.25, -0.2) is 4.98 Å². The average Bonchev–Trinajstić information content (AvgIpc) is 2.98. The molecule has 0 unspecified atom stereocenters. The maximum Gasteiger partial charge on any atom is 0.295 e. The van der Waals surface area contributed by atoms with E-state index < -0.39 is 10.1 Å². The van der Waals surface area contributed by atoms with E-state index in [1.54, 1.807) is 24.3 Å². The molecular weight excluding hydrogens is 314 g/mol. The molecule has 0 amide bonds. The van der Waals surface area contributed by atoms with Crippen molar-refractivity contribution in [2.45, 2.75) is 4.90 Å². The van der Waals surface area contributed by atoms with Crippen LogP contribution in [0.3, 0.4) is 0 Å². The Morgan fingerprint density at radius 3 is 2.26 bits per heavy atom. The Balaban J connectivity index is 2.11. The summed E-state index contributed by atoms with van der Waals surface area (Å²) in [6.07, 6.45) is 0. The number of rotatable bonds is 2. The first kappa shape index (κ1) is 13.9. The van der Waals surface area contributed by atoms with Crippen LogP contribution in [0.4, 0.5) is 0 Å². The monoisotopic (exact) mass is 325 g/mol. The zero-order valence-electron chi connectivity index (χ0n) is 11.8. The Bertz CT molecular complexity index is 1130. The summed E-state index contributed by atoms with van der Waals surface area (Å²) in [5.41, 5.74) is 1.67. The lowest BCUT2D eigenvalue weighted by Crippen LogP contribution is -1.99. The van der Waals surface area contributed by atoms with Crippen LogP contribution in [0.5, 0.6) is 0 Å². The quantitative estimate of drug-likeness (QED) is 0.565. The largest absolute Gasteiger partial charge is 0.436 e. The van der Waals surface area contributed by atoms with Gasteiger partial charge in [0.15, 0.2) is 5.58 Å². The van der Waals surface area contributed by atoms with Gasteiger partial charge in [-0.05, 0) is 12.1 Å². The predicted molar refractivity (Wildman–Crippen MR) is 86.8 cm³/mol. The Morgan fingerprint density at radius 1 is 0.913 bits per heavy atom. The normalized spacial score (nSPS) is 12.0. The van der Waals surface area contributed by atoms with Crippen LogP contribution in [-0.2, 0) is 10.1 Å². The van der Waals surface area contributed by atoms with Gasteiger partial charge in [0.25, 0.3) is 10.1 Å². The van der Waals surface area contributed by atoms with Crippen LogP contribution in [0.25, 0.3) is 33.3 Å². The number of hydrogen-bond acceptors (Lipinski definition) is 4. The molecule has 0 aliphatic heterocycles. The first-order valence-electron chi connectivity index (χ1n) is 6.89. The summed E-state index contributed by atoms with van der Waals surface area (Å²) < 4.78 is 38.5. The zero-order valence-corrected chi connectivity index (χ0v) is 12.6. The van der Waals surface area contributed by atoms with E-state index in [-0.39, 0.29) is 4.90 Å². The summed E-state index contributed by atoms with van der Waals surface area (Å²) in [6, 6.07) is 17.5. The first-order valence-corrected chi connectivity index (χ1v) is 8.33. The molecule has 0 radical (unpaired) electrons. The highest BCUT2D eigenvalue weighted by Gasteiger charge is 2.19. The van der Waals surface area contributed by atoms with Crippen molar-refractivity contribution < 1.29 is 17.4 Å². The van der Waals surface area contributed by atoms with Crippen LogP contribution in [0, 0.1) is 0 Å². The third-order valence-corrected chi connectivity index (χ3v) is 4.56. The number of benzene rings is 3. The average molecular weight is 325 g/mol. The second-order valence-corrected chi connectivity index (χ2v) is 6.52. The van der Waals surface area contributed by atoms with Gasteiger partial charge in [0.05, 0.1) is 0 Å². The van der Waals surface area contributed by atoms with Crippen molar-refractivity contribution in [1.29, 1.82) is 0 Å². The molecule has 23 heavy (non-hydrogen) atoms. The van der Waals surface area contributed by atoms with E-state index in [1.807, 2.05) is 30.3 Å². The molecule has 4 aromatic rings. The van der Waals surface area contributed by atoms with Gasteiger partial charge in [-0.15, -0.1) is 0 Å². The lowest BCUT2D eigenvalue weighted by Gasteiger charge is -2.03.